The van der Waals surface area contributed by atoms with E-state index >= 15 is 0 Å². The van der Waals surface area contributed by atoms with E-state index in [0.717, 1.165) is 38.0 Å². The molecule has 0 radical (unpaired) electrons. The first-order chi connectivity index (χ1) is 12.1. The van der Waals surface area contributed by atoms with Crippen molar-refractivity contribution in [1.29, 1.82) is 0 Å². The van der Waals surface area contributed by atoms with E-state index in [1.165, 1.54) is 0 Å². The second kappa shape index (κ2) is 9.98. The van der Waals surface area contributed by atoms with E-state index in [-0.39, 0.29) is 17.9 Å². The summed E-state index contributed by atoms with van der Waals surface area (Å²) in [7, 11) is 0. The van der Waals surface area contributed by atoms with Gasteiger partial charge in [0.05, 0.1) is 18.2 Å². The summed E-state index contributed by atoms with van der Waals surface area (Å²) in [6.07, 6.45) is 4.48. The number of amides is 3. The molecule has 0 aromatic carbocycles. The molecule has 3 N–H and O–H groups in total. The predicted octanol–water partition coefficient (Wildman–Crippen LogP) is 1.20. The van der Waals surface area contributed by atoms with Crippen LogP contribution in [0.1, 0.15) is 31.9 Å². The molecule has 1 aromatic heterocycles. The van der Waals surface area contributed by atoms with Gasteiger partial charge in [-0.2, -0.15) is 0 Å². The van der Waals surface area contributed by atoms with Gasteiger partial charge in [0.25, 0.3) is 0 Å². The summed E-state index contributed by atoms with van der Waals surface area (Å²) < 4.78 is 0. The van der Waals surface area contributed by atoms with E-state index < -0.39 is 0 Å². The number of likely N-dealkylation sites (tertiary alicyclic amines) is 1. The number of carbonyl (C=O) groups is 2. The number of carbonyl (C=O) groups excluding carboxylic acids is 2. The molecule has 1 aromatic rings. The molecule has 1 unspecified atom stereocenters. The van der Waals surface area contributed by atoms with Gasteiger partial charge in [-0.15, -0.1) is 0 Å². The number of hydrogen-bond acceptors (Lipinski definition) is 4. The highest BCUT2D eigenvalue weighted by atomic mass is 16.2. The van der Waals surface area contributed by atoms with E-state index in [1.807, 2.05) is 18.2 Å². The Balaban J connectivity index is 1.77. The molecule has 1 fully saturated rings. The number of hydrogen-bond donors (Lipinski definition) is 2. The summed E-state index contributed by atoms with van der Waals surface area (Å²) >= 11 is 0. The van der Waals surface area contributed by atoms with Gasteiger partial charge in [-0.05, 0) is 37.9 Å². The third kappa shape index (κ3) is 6.34. The standard InChI is InChI=1S/C18H29N5O2/c1-2-10-23(14-16-7-3-4-8-20-16)18(25)21-9-12-22-11-5-6-15(13-22)17(19)24/h3-4,7-8,15H,2,5-6,9-14H2,1H3,(H2,19,24)(H,21,25). The largest absolute Gasteiger partial charge is 0.369 e. The van der Waals surface area contributed by atoms with E-state index in [9.17, 15) is 9.59 Å². The second-order valence-corrected chi connectivity index (χ2v) is 6.52. The Morgan fingerprint density at radius 1 is 1.44 bits per heavy atom. The minimum absolute atomic E-state index is 0.0646. The second-order valence-electron chi connectivity index (χ2n) is 6.52. The molecule has 0 bridgehead atoms. The molecule has 2 rings (SSSR count). The Hall–Kier alpha value is -2.15. The van der Waals surface area contributed by atoms with Gasteiger partial charge in [0.15, 0.2) is 0 Å². The number of nitrogens with two attached hydrogens (primary N) is 1. The van der Waals surface area contributed by atoms with Crippen LogP contribution in [-0.4, -0.2) is 59.4 Å². The first-order valence-corrected chi connectivity index (χ1v) is 9.04. The zero-order valence-corrected chi connectivity index (χ0v) is 15.0. The normalized spacial score (nSPS) is 17.9. The van der Waals surface area contributed by atoms with Crippen molar-refractivity contribution in [2.45, 2.75) is 32.7 Å². The van der Waals surface area contributed by atoms with Crippen molar-refractivity contribution in [3.63, 3.8) is 0 Å². The van der Waals surface area contributed by atoms with Crippen LogP contribution in [0.5, 0.6) is 0 Å². The van der Waals surface area contributed by atoms with Crippen LogP contribution in [-0.2, 0) is 11.3 Å². The molecule has 3 amide bonds. The molecule has 1 saturated heterocycles. The Bertz CT molecular complexity index is 552. The van der Waals surface area contributed by atoms with Gasteiger partial charge in [0.1, 0.15) is 0 Å². The average Bonchev–Trinajstić information content (AvgIpc) is 2.62. The summed E-state index contributed by atoms with van der Waals surface area (Å²) in [6.45, 7) is 6.19. The van der Waals surface area contributed by atoms with E-state index in [1.54, 1.807) is 11.1 Å². The molecule has 7 nitrogen and oxygen atoms in total. The molecule has 1 aliphatic rings. The Morgan fingerprint density at radius 3 is 2.96 bits per heavy atom. The minimum Gasteiger partial charge on any atom is -0.369 e. The van der Waals surface area contributed by atoms with Crippen molar-refractivity contribution in [2.75, 3.05) is 32.7 Å². The molecule has 1 atom stereocenters. The number of rotatable bonds is 8. The lowest BCUT2D eigenvalue weighted by atomic mass is 9.97. The van der Waals surface area contributed by atoms with Gasteiger partial charge in [-0.1, -0.05) is 13.0 Å². The highest BCUT2D eigenvalue weighted by molar-refractivity contribution is 5.77. The summed E-state index contributed by atoms with van der Waals surface area (Å²) in [6, 6.07) is 5.64. The van der Waals surface area contributed by atoms with Crippen LogP contribution >= 0.6 is 0 Å². The number of nitrogens with zero attached hydrogens (tertiary/aromatic N) is 3. The topological polar surface area (TPSA) is 91.6 Å². The smallest absolute Gasteiger partial charge is 0.317 e. The minimum atomic E-state index is -0.224. The van der Waals surface area contributed by atoms with Crippen molar-refractivity contribution < 1.29 is 9.59 Å². The fourth-order valence-corrected chi connectivity index (χ4v) is 3.13. The maximum Gasteiger partial charge on any atom is 0.317 e. The van der Waals surface area contributed by atoms with Crippen LogP contribution in [0.2, 0.25) is 0 Å². The predicted molar refractivity (Wildman–Crippen MR) is 96.7 cm³/mol. The van der Waals surface area contributed by atoms with Gasteiger partial charge in [0, 0.05) is 32.4 Å². The number of aromatic nitrogens is 1. The number of nitrogens with one attached hydrogen (secondary N) is 1. The lowest BCUT2D eigenvalue weighted by Gasteiger charge is -2.31. The number of primary amides is 1. The highest BCUT2D eigenvalue weighted by Crippen LogP contribution is 2.15. The van der Waals surface area contributed by atoms with Crippen molar-refractivity contribution in [3.8, 4) is 0 Å². The van der Waals surface area contributed by atoms with E-state index in [2.05, 4.69) is 22.1 Å². The van der Waals surface area contributed by atoms with Gasteiger partial charge < -0.3 is 20.9 Å². The number of pyridine rings is 1. The Kier molecular flexibility index (Phi) is 7.66. The molecule has 25 heavy (non-hydrogen) atoms. The zero-order valence-electron chi connectivity index (χ0n) is 15.0. The van der Waals surface area contributed by atoms with Crippen LogP contribution in [0.15, 0.2) is 24.4 Å². The summed E-state index contributed by atoms with van der Waals surface area (Å²) in [4.78, 5) is 32.0. The molecule has 0 aliphatic carbocycles. The molecule has 7 heteroatoms. The fraction of sp³-hybridized carbons (Fsp3) is 0.611. The van der Waals surface area contributed by atoms with Gasteiger partial charge in [-0.25, -0.2) is 4.79 Å². The molecule has 0 spiro atoms. The number of piperidine rings is 1. The average molecular weight is 347 g/mol. The first kappa shape index (κ1) is 19.2. The lowest BCUT2D eigenvalue weighted by molar-refractivity contribution is -0.123. The molecule has 1 aliphatic heterocycles. The van der Waals surface area contributed by atoms with Crippen molar-refractivity contribution in [1.82, 2.24) is 20.1 Å². The Labute approximate surface area is 149 Å². The Morgan fingerprint density at radius 2 is 2.28 bits per heavy atom. The van der Waals surface area contributed by atoms with E-state index in [4.69, 9.17) is 5.73 Å². The van der Waals surface area contributed by atoms with Crippen molar-refractivity contribution >= 4 is 11.9 Å². The summed E-state index contributed by atoms with van der Waals surface area (Å²) in [5.41, 5.74) is 6.29. The van der Waals surface area contributed by atoms with Crippen LogP contribution in [0.25, 0.3) is 0 Å². The summed E-state index contributed by atoms with van der Waals surface area (Å²) in [5.74, 6) is -0.289. The molecule has 138 valence electrons. The quantitative estimate of drug-likeness (QED) is 0.739. The van der Waals surface area contributed by atoms with Crippen molar-refractivity contribution in [2.24, 2.45) is 11.7 Å². The van der Waals surface area contributed by atoms with E-state index in [0.29, 0.717) is 26.2 Å². The van der Waals surface area contributed by atoms with Gasteiger partial charge >= 0.3 is 6.03 Å². The maximum atomic E-state index is 12.4. The molecular formula is C18H29N5O2. The maximum absolute atomic E-state index is 12.4. The third-order valence-corrected chi connectivity index (χ3v) is 4.47. The molecule has 2 heterocycles. The monoisotopic (exact) mass is 347 g/mol. The van der Waals surface area contributed by atoms with Crippen LogP contribution in [0, 0.1) is 5.92 Å². The third-order valence-electron chi connectivity index (χ3n) is 4.47. The zero-order chi connectivity index (χ0) is 18.1. The highest BCUT2D eigenvalue weighted by Gasteiger charge is 2.23. The summed E-state index contributed by atoms with van der Waals surface area (Å²) in [5, 5.41) is 2.98. The van der Waals surface area contributed by atoms with Crippen LogP contribution in [0.3, 0.4) is 0 Å². The first-order valence-electron chi connectivity index (χ1n) is 9.04. The molecule has 0 saturated carbocycles. The van der Waals surface area contributed by atoms with Crippen molar-refractivity contribution in [3.05, 3.63) is 30.1 Å². The van der Waals surface area contributed by atoms with Gasteiger partial charge in [0.2, 0.25) is 5.91 Å². The van der Waals surface area contributed by atoms with Gasteiger partial charge in [-0.3, -0.25) is 9.78 Å². The van der Waals surface area contributed by atoms with Crippen LogP contribution in [0.4, 0.5) is 4.79 Å². The SMILES string of the molecule is CCCN(Cc1ccccn1)C(=O)NCCN1CCCC(C(N)=O)C1. The van der Waals surface area contributed by atoms with Crippen LogP contribution < -0.4 is 11.1 Å². The molecular weight excluding hydrogens is 318 g/mol. The lowest BCUT2D eigenvalue weighted by Crippen LogP contribution is -2.46. The fourth-order valence-electron chi connectivity index (χ4n) is 3.13. The number of urea groups is 1.